The molecule has 0 amide bonds. The smallest absolute Gasteiger partial charge is 0.248 e. The molecule has 1 aromatic heterocycles. The van der Waals surface area contributed by atoms with Crippen molar-refractivity contribution in [1.29, 1.82) is 0 Å². The molecule has 33 heavy (non-hydrogen) atoms. The van der Waals surface area contributed by atoms with Gasteiger partial charge in [0.15, 0.2) is 23.3 Å². The van der Waals surface area contributed by atoms with Gasteiger partial charge in [-0.3, -0.25) is 0 Å². The molecule has 4 rings (SSSR count). The number of aliphatic imine (C=N–C) groups is 1. The molecule has 1 unspecified atom stereocenters. The van der Waals surface area contributed by atoms with E-state index in [4.69, 9.17) is 23.5 Å². The first-order valence-corrected chi connectivity index (χ1v) is 11.2. The highest BCUT2D eigenvalue weighted by molar-refractivity contribution is 14.0. The second kappa shape index (κ2) is 13.6. The van der Waals surface area contributed by atoms with E-state index in [0.717, 1.165) is 49.5 Å². The Balaban J connectivity index is 0.00000306. The van der Waals surface area contributed by atoms with Crippen molar-refractivity contribution in [1.82, 2.24) is 15.5 Å². The van der Waals surface area contributed by atoms with E-state index in [2.05, 4.69) is 25.8 Å². The van der Waals surface area contributed by atoms with E-state index in [-0.39, 0.29) is 36.6 Å². The van der Waals surface area contributed by atoms with Crippen LogP contribution < -0.4 is 20.1 Å². The molecule has 0 radical (unpaired) electrons. The maximum Gasteiger partial charge on any atom is 0.248 e. The van der Waals surface area contributed by atoms with Crippen molar-refractivity contribution in [2.75, 3.05) is 44.9 Å². The monoisotopic (exact) mass is 573 g/mol. The number of halogens is 1. The third kappa shape index (κ3) is 8.31. The second-order valence-electron chi connectivity index (χ2n) is 7.73. The molecule has 0 aliphatic carbocycles. The van der Waals surface area contributed by atoms with Crippen LogP contribution in [0.3, 0.4) is 0 Å². The summed E-state index contributed by atoms with van der Waals surface area (Å²) < 4.78 is 28.0. The predicted molar refractivity (Wildman–Crippen MR) is 134 cm³/mol. The topological polar surface area (TPSA) is 112 Å². The van der Waals surface area contributed by atoms with E-state index in [9.17, 15) is 0 Å². The van der Waals surface area contributed by atoms with E-state index in [0.29, 0.717) is 50.6 Å². The van der Waals surface area contributed by atoms with Gasteiger partial charge in [0, 0.05) is 37.9 Å². The first-order chi connectivity index (χ1) is 15.8. The number of hydrogen-bond acceptors (Lipinski definition) is 8. The highest BCUT2D eigenvalue weighted by Gasteiger charge is 2.15. The van der Waals surface area contributed by atoms with Crippen LogP contribution in [0, 0.1) is 6.92 Å². The molecule has 3 heterocycles. The highest BCUT2D eigenvalue weighted by Crippen LogP contribution is 2.32. The average Bonchev–Trinajstić information content (AvgIpc) is 3.40. The summed E-state index contributed by atoms with van der Waals surface area (Å²) in [6.07, 6.45) is 4.17. The van der Waals surface area contributed by atoms with E-state index >= 15 is 0 Å². The summed E-state index contributed by atoms with van der Waals surface area (Å²) in [5, 5.41) is 10.5. The molecule has 2 aliphatic rings. The number of guanidine groups is 1. The second-order valence-corrected chi connectivity index (χ2v) is 7.73. The number of nitrogens with one attached hydrogen (secondary N) is 2. The summed E-state index contributed by atoms with van der Waals surface area (Å²) >= 11 is 0. The van der Waals surface area contributed by atoms with Crippen molar-refractivity contribution >= 4 is 35.6 Å². The van der Waals surface area contributed by atoms with Crippen LogP contribution in [0.4, 0.5) is 5.69 Å². The van der Waals surface area contributed by atoms with E-state index < -0.39 is 0 Å². The van der Waals surface area contributed by atoms with E-state index in [1.54, 1.807) is 6.92 Å². The number of aryl methyl sites for hydroxylation is 1. The molecule has 0 saturated carbocycles. The Morgan fingerprint density at radius 2 is 2.06 bits per heavy atom. The molecule has 182 valence electrons. The van der Waals surface area contributed by atoms with Crippen molar-refractivity contribution in [3.8, 4) is 11.5 Å². The first kappa shape index (κ1) is 25.5. The summed E-state index contributed by atoms with van der Waals surface area (Å²) in [6, 6.07) is 5.76. The van der Waals surface area contributed by atoms with Crippen LogP contribution in [-0.2, 0) is 16.0 Å². The Labute approximate surface area is 210 Å². The fourth-order valence-electron chi connectivity index (χ4n) is 3.44. The van der Waals surface area contributed by atoms with Crippen LogP contribution in [0.1, 0.15) is 37.4 Å². The van der Waals surface area contributed by atoms with Crippen LogP contribution in [-0.4, -0.2) is 61.8 Å². The largest absolute Gasteiger partial charge is 0.490 e. The number of ether oxygens (including phenoxy) is 4. The Morgan fingerprint density at radius 3 is 2.85 bits per heavy atom. The predicted octanol–water partition coefficient (Wildman–Crippen LogP) is 3.30. The highest BCUT2D eigenvalue weighted by atomic mass is 127. The number of rotatable bonds is 9. The molecule has 1 saturated heterocycles. The maximum absolute atomic E-state index is 5.79. The van der Waals surface area contributed by atoms with Crippen LogP contribution in [0.25, 0.3) is 0 Å². The molecule has 2 aromatic rings. The van der Waals surface area contributed by atoms with Gasteiger partial charge in [-0.15, -0.1) is 24.0 Å². The Hall–Kier alpha value is -2.12. The molecular weight excluding hydrogens is 541 g/mol. The zero-order chi connectivity index (χ0) is 22.0. The van der Waals surface area contributed by atoms with Gasteiger partial charge in [-0.05, 0) is 38.3 Å². The Kier molecular flexibility index (Phi) is 10.5. The number of aromatic nitrogens is 2. The van der Waals surface area contributed by atoms with Gasteiger partial charge in [0.2, 0.25) is 5.89 Å². The van der Waals surface area contributed by atoms with Crippen LogP contribution in [0.15, 0.2) is 27.7 Å². The summed E-state index contributed by atoms with van der Waals surface area (Å²) in [5.74, 6) is 3.13. The average molecular weight is 573 g/mol. The molecular formula is C22H32IN5O5. The molecule has 1 fully saturated rings. The lowest BCUT2D eigenvalue weighted by Gasteiger charge is -2.15. The molecule has 2 N–H and O–H groups in total. The van der Waals surface area contributed by atoms with Gasteiger partial charge < -0.3 is 34.1 Å². The number of benzene rings is 1. The standard InChI is InChI=1S/C22H31N5O5.HI/c1-16-25-21(32-27-16)14-24-22(23-8-3-9-28-15-18-5-2-10-29-18)26-17-6-7-19-20(13-17)31-12-4-11-30-19;/h6-7,13,18H,2-5,8-12,14-15H2,1H3,(H2,23,24,26);1H. The van der Waals surface area contributed by atoms with Gasteiger partial charge in [0.1, 0.15) is 6.54 Å². The molecule has 1 aromatic carbocycles. The summed E-state index contributed by atoms with van der Waals surface area (Å²) in [5.41, 5.74) is 0.844. The lowest BCUT2D eigenvalue weighted by atomic mass is 10.2. The number of nitrogens with zero attached hydrogens (tertiary/aromatic N) is 3. The van der Waals surface area contributed by atoms with Crippen LogP contribution in [0.2, 0.25) is 0 Å². The number of fused-ring (bicyclic) bond motifs is 1. The quantitative estimate of drug-likeness (QED) is 0.202. The summed E-state index contributed by atoms with van der Waals surface area (Å²) in [7, 11) is 0. The minimum Gasteiger partial charge on any atom is -0.490 e. The maximum atomic E-state index is 5.79. The lowest BCUT2D eigenvalue weighted by Crippen LogP contribution is -2.32. The fourth-order valence-corrected chi connectivity index (χ4v) is 3.44. The van der Waals surface area contributed by atoms with E-state index in [1.807, 2.05) is 18.2 Å². The van der Waals surface area contributed by atoms with Crippen LogP contribution >= 0.6 is 24.0 Å². The lowest BCUT2D eigenvalue weighted by molar-refractivity contribution is 0.0168. The van der Waals surface area contributed by atoms with E-state index in [1.165, 1.54) is 0 Å². The van der Waals surface area contributed by atoms with Gasteiger partial charge >= 0.3 is 0 Å². The van der Waals surface area contributed by atoms with Crippen molar-refractivity contribution in [2.24, 2.45) is 4.99 Å². The SMILES string of the molecule is Cc1noc(CN=C(NCCCOCC2CCCO2)Nc2ccc3c(c2)OCCCO3)n1.I. The Morgan fingerprint density at radius 1 is 1.18 bits per heavy atom. The van der Waals surface area contributed by atoms with Crippen molar-refractivity contribution in [2.45, 2.75) is 45.3 Å². The van der Waals surface area contributed by atoms with Crippen molar-refractivity contribution in [3.05, 3.63) is 29.9 Å². The number of hydrogen-bond donors (Lipinski definition) is 2. The third-order valence-corrected chi connectivity index (χ3v) is 5.04. The molecule has 2 aliphatic heterocycles. The minimum atomic E-state index is 0. The van der Waals surface area contributed by atoms with Gasteiger partial charge in [-0.25, -0.2) is 4.99 Å². The summed E-state index contributed by atoms with van der Waals surface area (Å²) in [6.45, 7) is 6.22. The molecule has 10 nitrogen and oxygen atoms in total. The van der Waals surface area contributed by atoms with Gasteiger partial charge in [0.25, 0.3) is 0 Å². The molecule has 1 atom stereocenters. The fraction of sp³-hybridized carbons (Fsp3) is 0.591. The van der Waals surface area contributed by atoms with Gasteiger partial charge in [0.05, 0.1) is 25.9 Å². The molecule has 0 bridgehead atoms. The summed E-state index contributed by atoms with van der Waals surface area (Å²) in [4.78, 5) is 8.79. The Bertz CT molecular complexity index is 888. The van der Waals surface area contributed by atoms with Gasteiger partial charge in [-0.2, -0.15) is 4.98 Å². The first-order valence-electron chi connectivity index (χ1n) is 11.2. The zero-order valence-electron chi connectivity index (χ0n) is 18.9. The molecule has 0 spiro atoms. The van der Waals surface area contributed by atoms with Gasteiger partial charge in [-0.1, -0.05) is 5.16 Å². The minimum absolute atomic E-state index is 0. The normalized spacial score (nSPS) is 17.8. The zero-order valence-corrected chi connectivity index (χ0v) is 21.2. The van der Waals surface area contributed by atoms with Crippen molar-refractivity contribution < 1.29 is 23.5 Å². The third-order valence-electron chi connectivity index (χ3n) is 5.04. The molecule has 11 heteroatoms. The van der Waals surface area contributed by atoms with Crippen molar-refractivity contribution in [3.63, 3.8) is 0 Å². The number of anilines is 1. The van der Waals surface area contributed by atoms with Crippen LogP contribution in [0.5, 0.6) is 11.5 Å².